The highest BCUT2D eigenvalue weighted by Gasteiger charge is 2.02. The summed E-state index contributed by atoms with van der Waals surface area (Å²) in [6.07, 6.45) is 4.95. The van der Waals surface area contributed by atoms with E-state index in [1.807, 2.05) is 6.92 Å². The molecule has 0 spiro atoms. The van der Waals surface area contributed by atoms with Crippen LogP contribution in [0.1, 0.15) is 11.7 Å². The third-order valence-electron chi connectivity index (χ3n) is 1.87. The van der Waals surface area contributed by atoms with Crippen LogP contribution in [0.2, 0.25) is 5.02 Å². The zero-order valence-electron chi connectivity index (χ0n) is 8.20. The topological polar surface area (TPSA) is 51.0 Å². The lowest BCUT2D eigenvalue weighted by atomic mass is 10.4. The second-order valence-corrected chi connectivity index (χ2v) is 3.48. The molecule has 2 aromatic heterocycles. The van der Waals surface area contributed by atoms with Gasteiger partial charge in [-0.15, -0.1) is 0 Å². The van der Waals surface area contributed by atoms with Crippen LogP contribution in [0.4, 0.5) is 5.69 Å². The maximum Gasteiger partial charge on any atom is 0.213 e. The van der Waals surface area contributed by atoms with Gasteiger partial charge in [0.25, 0.3) is 0 Å². The van der Waals surface area contributed by atoms with Crippen molar-refractivity contribution in [3.05, 3.63) is 41.3 Å². The van der Waals surface area contributed by atoms with Crippen molar-refractivity contribution in [3.63, 3.8) is 0 Å². The van der Waals surface area contributed by atoms with Crippen LogP contribution in [0.25, 0.3) is 0 Å². The van der Waals surface area contributed by atoms with Gasteiger partial charge in [-0.2, -0.15) is 0 Å². The molecule has 0 fully saturated rings. The number of rotatable bonds is 3. The van der Waals surface area contributed by atoms with Gasteiger partial charge in [0.05, 0.1) is 23.5 Å². The van der Waals surface area contributed by atoms with Gasteiger partial charge in [-0.3, -0.25) is 4.98 Å². The third kappa shape index (κ3) is 2.47. The molecule has 0 aliphatic rings. The van der Waals surface area contributed by atoms with E-state index in [1.54, 1.807) is 24.7 Å². The fourth-order valence-electron chi connectivity index (χ4n) is 1.17. The van der Waals surface area contributed by atoms with E-state index in [2.05, 4.69) is 15.3 Å². The van der Waals surface area contributed by atoms with E-state index in [0.29, 0.717) is 17.5 Å². The second kappa shape index (κ2) is 4.31. The average molecular weight is 224 g/mol. The zero-order chi connectivity index (χ0) is 10.7. The predicted molar refractivity (Wildman–Crippen MR) is 57.8 cm³/mol. The number of aromatic nitrogens is 2. The number of oxazole rings is 1. The van der Waals surface area contributed by atoms with Crippen molar-refractivity contribution < 1.29 is 4.42 Å². The first kappa shape index (κ1) is 9.98. The minimum atomic E-state index is 0.511. The van der Waals surface area contributed by atoms with E-state index in [9.17, 15) is 0 Å². The van der Waals surface area contributed by atoms with Crippen molar-refractivity contribution in [1.82, 2.24) is 9.97 Å². The van der Waals surface area contributed by atoms with Crippen molar-refractivity contribution in [2.24, 2.45) is 0 Å². The molecule has 15 heavy (non-hydrogen) atoms. The lowest BCUT2D eigenvalue weighted by Crippen LogP contribution is -2.00. The number of hydrogen-bond acceptors (Lipinski definition) is 4. The summed E-state index contributed by atoms with van der Waals surface area (Å²) >= 11 is 5.92. The molecule has 2 rings (SSSR count). The van der Waals surface area contributed by atoms with Gasteiger partial charge < -0.3 is 9.73 Å². The van der Waals surface area contributed by atoms with Crippen LogP contribution in [0.3, 0.4) is 0 Å². The highest BCUT2D eigenvalue weighted by Crippen LogP contribution is 2.19. The lowest BCUT2D eigenvalue weighted by molar-refractivity contribution is 0.479. The van der Waals surface area contributed by atoms with E-state index < -0.39 is 0 Å². The molecule has 2 aromatic rings. The van der Waals surface area contributed by atoms with Gasteiger partial charge >= 0.3 is 0 Å². The highest BCUT2D eigenvalue weighted by molar-refractivity contribution is 6.33. The molecule has 1 N–H and O–H groups in total. The van der Waals surface area contributed by atoms with E-state index in [-0.39, 0.29) is 0 Å². The third-order valence-corrected chi connectivity index (χ3v) is 2.17. The summed E-state index contributed by atoms with van der Waals surface area (Å²) < 4.78 is 5.31. The number of halogens is 1. The van der Waals surface area contributed by atoms with Crippen LogP contribution in [0.15, 0.2) is 29.1 Å². The number of nitrogens with zero attached hydrogens (tertiary/aromatic N) is 2. The average Bonchev–Trinajstić information content (AvgIpc) is 2.63. The summed E-state index contributed by atoms with van der Waals surface area (Å²) in [4.78, 5) is 7.97. The Hall–Kier alpha value is -1.55. The summed E-state index contributed by atoms with van der Waals surface area (Å²) in [6.45, 7) is 2.37. The molecular weight excluding hydrogens is 214 g/mol. The fraction of sp³-hybridized carbons (Fsp3) is 0.200. The van der Waals surface area contributed by atoms with Crippen molar-refractivity contribution in [2.45, 2.75) is 13.5 Å². The predicted octanol–water partition coefficient (Wildman–Crippen LogP) is 2.64. The minimum absolute atomic E-state index is 0.511. The van der Waals surface area contributed by atoms with Gasteiger partial charge in [0.1, 0.15) is 5.76 Å². The maximum atomic E-state index is 5.92. The molecule has 0 saturated carbocycles. The van der Waals surface area contributed by atoms with Crippen LogP contribution in [-0.4, -0.2) is 9.97 Å². The first-order chi connectivity index (χ1) is 7.25. The van der Waals surface area contributed by atoms with Gasteiger partial charge in [-0.1, -0.05) is 11.6 Å². The number of hydrogen-bond donors (Lipinski definition) is 1. The summed E-state index contributed by atoms with van der Waals surface area (Å²) in [5, 5.41) is 3.70. The molecule has 0 unspecified atom stereocenters. The molecule has 2 heterocycles. The van der Waals surface area contributed by atoms with Crippen LogP contribution < -0.4 is 5.32 Å². The van der Waals surface area contributed by atoms with E-state index in [0.717, 1.165) is 11.4 Å². The molecule has 0 amide bonds. The largest absolute Gasteiger partial charge is 0.444 e. The normalized spacial score (nSPS) is 10.3. The first-order valence-corrected chi connectivity index (χ1v) is 4.88. The molecule has 0 aliphatic carbocycles. The van der Waals surface area contributed by atoms with Gasteiger partial charge in [0.2, 0.25) is 5.89 Å². The molecule has 0 saturated heterocycles. The Labute approximate surface area is 92.3 Å². The fourth-order valence-corrected chi connectivity index (χ4v) is 1.36. The van der Waals surface area contributed by atoms with Crippen molar-refractivity contribution >= 4 is 17.3 Å². The Balaban J connectivity index is 2.02. The summed E-state index contributed by atoms with van der Waals surface area (Å²) in [6, 6.07) is 1.80. The van der Waals surface area contributed by atoms with Crippen LogP contribution in [0, 0.1) is 6.92 Å². The number of nitrogens with one attached hydrogen (secondary N) is 1. The molecule has 0 bridgehead atoms. The highest BCUT2D eigenvalue weighted by atomic mass is 35.5. The lowest BCUT2D eigenvalue weighted by Gasteiger charge is -2.04. The molecule has 4 nitrogen and oxygen atoms in total. The Morgan fingerprint density at radius 3 is 3.00 bits per heavy atom. The van der Waals surface area contributed by atoms with Crippen LogP contribution in [0.5, 0.6) is 0 Å². The van der Waals surface area contributed by atoms with Gasteiger partial charge in [0, 0.05) is 12.4 Å². The van der Waals surface area contributed by atoms with E-state index >= 15 is 0 Å². The van der Waals surface area contributed by atoms with Crippen LogP contribution in [-0.2, 0) is 6.54 Å². The molecule has 0 aliphatic heterocycles. The molecular formula is C10H10ClN3O. The molecule has 0 aromatic carbocycles. The summed E-state index contributed by atoms with van der Waals surface area (Å²) in [5.74, 6) is 1.44. The molecule has 5 heteroatoms. The number of anilines is 1. The van der Waals surface area contributed by atoms with Gasteiger partial charge in [-0.05, 0) is 13.0 Å². The number of pyridine rings is 1. The Bertz CT molecular complexity index is 455. The van der Waals surface area contributed by atoms with E-state index in [1.165, 1.54) is 0 Å². The number of aryl methyl sites for hydroxylation is 1. The Morgan fingerprint density at radius 2 is 2.33 bits per heavy atom. The monoisotopic (exact) mass is 223 g/mol. The zero-order valence-corrected chi connectivity index (χ0v) is 8.95. The summed E-state index contributed by atoms with van der Waals surface area (Å²) in [7, 11) is 0. The standard InChI is InChI=1S/C10H10ClN3O/c1-7-4-14-10(15-7)6-13-9-2-3-12-5-8(9)11/h2-5H,6H2,1H3,(H,12,13). The van der Waals surface area contributed by atoms with Gasteiger partial charge in [-0.25, -0.2) is 4.98 Å². The van der Waals surface area contributed by atoms with Gasteiger partial charge in [0.15, 0.2) is 0 Å². The van der Waals surface area contributed by atoms with E-state index in [4.69, 9.17) is 16.0 Å². The summed E-state index contributed by atoms with van der Waals surface area (Å²) in [5.41, 5.74) is 0.822. The van der Waals surface area contributed by atoms with Crippen molar-refractivity contribution in [3.8, 4) is 0 Å². The van der Waals surface area contributed by atoms with Crippen molar-refractivity contribution in [1.29, 1.82) is 0 Å². The molecule has 78 valence electrons. The Kier molecular flexibility index (Phi) is 2.87. The van der Waals surface area contributed by atoms with Crippen LogP contribution >= 0.6 is 11.6 Å². The second-order valence-electron chi connectivity index (χ2n) is 3.07. The SMILES string of the molecule is Cc1cnc(CNc2ccncc2Cl)o1. The molecule has 0 atom stereocenters. The Morgan fingerprint density at radius 1 is 1.47 bits per heavy atom. The smallest absolute Gasteiger partial charge is 0.213 e. The maximum absolute atomic E-state index is 5.92. The molecule has 0 radical (unpaired) electrons. The first-order valence-electron chi connectivity index (χ1n) is 4.50. The quantitative estimate of drug-likeness (QED) is 0.869. The van der Waals surface area contributed by atoms with Crippen molar-refractivity contribution in [2.75, 3.05) is 5.32 Å². The minimum Gasteiger partial charge on any atom is -0.444 e.